The standard InChI is InChI=1S/C10H9FO3/c1-14-10(13)5-3-7-2-4-8(11)9(12)6-7/h2-6,12H,1H3. The fourth-order valence-corrected chi connectivity index (χ4v) is 0.866. The predicted molar refractivity (Wildman–Crippen MR) is 49.1 cm³/mol. The molecule has 0 aliphatic rings. The number of carbonyl (C=O) groups excluding carboxylic acids is 1. The molecule has 14 heavy (non-hydrogen) atoms. The lowest BCUT2D eigenvalue weighted by atomic mass is 10.2. The van der Waals surface area contributed by atoms with E-state index in [9.17, 15) is 9.18 Å². The number of benzene rings is 1. The minimum absolute atomic E-state index is 0.447. The SMILES string of the molecule is COC(=O)C=Cc1ccc(F)c(O)c1. The van der Waals surface area contributed by atoms with Gasteiger partial charge < -0.3 is 9.84 Å². The van der Waals surface area contributed by atoms with E-state index in [0.29, 0.717) is 5.56 Å². The van der Waals surface area contributed by atoms with Crippen molar-refractivity contribution in [2.75, 3.05) is 7.11 Å². The summed E-state index contributed by atoms with van der Waals surface area (Å²) in [6.07, 6.45) is 2.61. The van der Waals surface area contributed by atoms with Gasteiger partial charge in [0, 0.05) is 6.08 Å². The quantitative estimate of drug-likeness (QED) is 0.578. The summed E-state index contributed by atoms with van der Waals surface area (Å²) >= 11 is 0. The number of halogens is 1. The van der Waals surface area contributed by atoms with E-state index in [4.69, 9.17) is 5.11 Å². The van der Waals surface area contributed by atoms with E-state index in [2.05, 4.69) is 4.74 Å². The van der Waals surface area contributed by atoms with Gasteiger partial charge >= 0.3 is 5.97 Å². The smallest absolute Gasteiger partial charge is 0.330 e. The Bertz CT molecular complexity index is 372. The molecular formula is C10H9FO3. The van der Waals surface area contributed by atoms with Crippen LogP contribution in [0.2, 0.25) is 0 Å². The third-order valence-electron chi connectivity index (χ3n) is 1.58. The number of ether oxygens (including phenoxy) is 1. The predicted octanol–water partition coefficient (Wildman–Crippen LogP) is 1.72. The zero-order chi connectivity index (χ0) is 10.6. The fourth-order valence-electron chi connectivity index (χ4n) is 0.866. The van der Waals surface area contributed by atoms with Crippen LogP contribution in [-0.2, 0) is 9.53 Å². The minimum atomic E-state index is -0.694. The van der Waals surface area contributed by atoms with Crippen LogP contribution in [0.5, 0.6) is 5.75 Å². The molecule has 0 unspecified atom stereocenters. The highest BCUT2D eigenvalue weighted by molar-refractivity contribution is 5.86. The summed E-state index contributed by atoms with van der Waals surface area (Å²) in [5, 5.41) is 9.00. The summed E-state index contributed by atoms with van der Waals surface area (Å²) in [6, 6.07) is 3.77. The Morgan fingerprint density at radius 1 is 1.57 bits per heavy atom. The maximum Gasteiger partial charge on any atom is 0.330 e. The lowest BCUT2D eigenvalue weighted by molar-refractivity contribution is -0.134. The van der Waals surface area contributed by atoms with Crippen LogP contribution in [0.3, 0.4) is 0 Å². The van der Waals surface area contributed by atoms with Crippen molar-refractivity contribution >= 4 is 12.0 Å². The molecule has 0 aromatic heterocycles. The maximum atomic E-state index is 12.6. The highest BCUT2D eigenvalue weighted by Crippen LogP contribution is 2.17. The molecule has 0 amide bonds. The van der Waals surface area contributed by atoms with Gasteiger partial charge in [0.25, 0.3) is 0 Å². The zero-order valence-corrected chi connectivity index (χ0v) is 7.53. The summed E-state index contributed by atoms with van der Waals surface area (Å²) in [6.45, 7) is 0. The Kier molecular flexibility index (Phi) is 3.23. The van der Waals surface area contributed by atoms with E-state index in [1.807, 2.05) is 0 Å². The Hall–Kier alpha value is -1.84. The van der Waals surface area contributed by atoms with Gasteiger partial charge in [0.2, 0.25) is 0 Å². The summed E-state index contributed by atoms with van der Waals surface area (Å²) in [4.78, 5) is 10.7. The van der Waals surface area contributed by atoms with E-state index in [0.717, 1.165) is 6.07 Å². The van der Waals surface area contributed by atoms with E-state index in [1.54, 1.807) is 0 Å². The van der Waals surface area contributed by atoms with Crippen molar-refractivity contribution in [2.24, 2.45) is 0 Å². The monoisotopic (exact) mass is 196 g/mol. The minimum Gasteiger partial charge on any atom is -0.505 e. The Balaban J connectivity index is 2.83. The van der Waals surface area contributed by atoms with Gasteiger partial charge in [-0.1, -0.05) is 6.07 Å². The number of aromatic hydroxyl groups is 1. The fraction of sp³-hybridized carbons (Fsp3) is 0.100. The second-order valence-corrected chi connectivity index (χ2v) is 2.57. The van der Waals surface area contributed by atoms with Crippen molar-refractivity contribution in [1.29, 1.82) is 0 Å². The number of hydrogen-bond acceptors (Lipinski definition) is 3. The van der Waals surface area contributed by atoms with Gasteiger partial charge in [0.05, 0.1) is 7.11 Å². The molecule has 0 aliphatic carbocycles. The van der Waals surface area contributed by atoms with Crippen LogP contribution in [0.4, 0.5) is 4.39 Å². The molecule has 4 heteroatoms. The number of esters is 1. The molecule has 1 rings (SSSR count). The molecule has 1 aromatic rings. The maximum absolute atomic E-state index is 12.6. The normalized spacial score (nSPS) is 10.4. The van der Waals surface area contributed by atoms with Crippen LogP contribution in [0, 0.1) is 5.82 Å². The van der Waals surface area contributed by atoms with Gasteiger partial charge in [-0.15, -0.1) is 0 Å². The van der Waals surface area contributed by atoms with Crippen LogP contribution >= 0.6 is 0 Å². The first kappa shape index (κ1) is 10.2. The lowest BCUT2D eigenvalue weighted by Crippen LogP contribution is -1.93. The molecule has 0 bridgehead atoms. The first-order valence-electron chi connectivity index (χ1n) is 3.88. The summed E-state index contributed by atoms with van der Waals surface area (Å²) in [7, 11) is 1.26. The first-order chi connectivity index (χ1) is 6.63. The van der Waals surface area contributed by atoms with Crippen LogP contribution < -0.4 is 0 Å². The van der Waals surface area contributed by atoms with Crippen molar-refractivity contribution in [3.8, 4) is 5.75 Å². The van der Waals surface area contributed by atoms with Crippen molar-refractivity contribution in [2.45, 2.75) is 0 Å². The molecule has 0 radical (unpaired) electrons. The number of methoxy groups -OCH3 is 1. The second kappa shape index (κ2) is 4.41. The average Bonchev–Trinajstić information content (AvgIpc) is 2.19. The molecule has 0 aliphatic heterocycles. The van der Waals surface area contributed by atoms with E-state index in [-0.39, 0.29) is 0 Å². The first-order valence-corrected chi connectivity index (χ1v) is 3.88. The average molecular weight is 196 g/mol. The number of rotatable bonds is 2. The number of hydrogen-bond donors (Lipinski definition) is 1. The largest absolute Gasteiger partial charge is 0.505 e. The number of carbonyl (C=O) groups is 1. The topological polar surface area (TPSA) is 46.5 Å². The van der Waals surface area contributed by atoms with Crippen LogP contribution in [0.1, 0.15) is 5.56 Å². The van der Waals surface area contributed by atoms with Gasteiger partial charge in [0.15, 0.2) is 11.6 Å². The lowest BCUT2D eigenvalue weighted by Gasteiger charge is -1.96. The Morgan fingerprint density at radius 3 is 2.86 bits per heavy atom. The third kappa shape index (κ3) is 2.58. The zero-order valence-electron chi connectivity index (χ0n) is 7.53. The van der Waals surface area contributed by atoms with E-state index >= 15 is 0 Å². The molecule has 0 saturated carbocycles. The van der Waals surface area contributed by atoms with Crippen LogP contribution in [-0.4, -0.2) is 18.2 Å². The molecule has 0 atom stereocenters. The molecule has 74 valence electrons. The van der Waals surface area contributed by atoms with E-state index < -0.39 is 17.5 Å². The number of phenols is 1. The number of phenolic OH excluding ortho intramolecular Hbond substituents is 1. The summed E-state index contributed by atoms with van der Waals surface area (Å²) in [5.74, 6) is -1.65. The molecule has 3 nitrogen and oxygen atoms in total. The van der Waals surface area contributed by atoms with Gasteiger partial charge in [-0.2, -0.15) is 0 Å². The highest BCUT2D eigenvalue weighted by atomic mass is 19.1. The van der Waals surface area contributed by atoms with Crippen molar-refractivity contribution in [3.05, 3.63) is 35.7 Å². The third-order valence-corrected chi connectivity index (χ3v) is 1.58. The van der Waals surface area contributed by atoms with Crippen LogP contribution in [0.15, 0.2) is 24.3 Å². The second-order valence-electron chi connectivity index (χ2n) is 2.57. The molecular weight excluding hydrogens is 187 g/mol. The van der Waals surface area contributed by atoms with Crippen molar-refractivity contribution < 1.29 is 19.0 Å². The molecule has 0 saturated heterocycles. The van der Waals surface area contributed by atoms with Gasteiger partial charge in [0.1, 0.15) is 0 Å². The molecule has 1 aromatic carbocycles. The molecule has 0 spiro atoms. The Labute approximate surface area is 80.4 Å². The highest BCUT2D eigenvalue weighted by Gasteiger charge is 1.99. The molecule has 0 heterocycles. The van der Waals surface area contributed by atoms with Crippen LogP contribution in [0.25, 0.3) is 6.08 Å². The van der Waals surface area contributed by atoms with E-state index in [1.165, 1.54) is 31.4 Å². The van der Waals surface area contributed by atoms with Gasteiger partial charge in [-0.05, 0) is 23.8 Å². The van der Waals surface area contributed by atoms with Gasteiger partial charge in [-0.3, -0.25) is 0 Å². The van der Waals surface area contributed by atoms with Gasteiger partial charge in [-0.25, -0.2) is 9.18 Å². The summed E-state index contributed by atoms with van der Waals surface area (Å²) < 4.78 is 17.0. The van der Waals surface area contributed by atoms with Crippen molar-refractivity contribution in [3.63, 3.8) is 0 Å². The molecule has 1 N–H and O–H groups in total. The van der Waals surface area contributed by atoms with Crippen molar-refractivity contribution in [1.82, 2.24) is 0 Å². The Morgan fingerprint density at radius 2 is 2.29 bits per heavy atom. The summed E-state index contributed by atoms with van der Waals surface area (Å²) in [5.41, 5.74) is 0.523. The molecule has 0 fully saturated rings.